The van der Waals surface area contributed by atoms with Crippen molar-refractivity contribution in [3.8, 4) is 0 Å². The van der Waals surface area contributed by atoms with Crippen molar-refractivity contribution in [2.75, 3.05) is 0 Å². The number of hydrogen-bond acceptors (Lipinski definition) is 2. The summed E-state index contributed by atoms with van der Waals surface area (Å²) in [7, 11) is 0. The SMILES string of the molecule is CC(=O)C[C@@H](C)C[C@@H](C)C(C)(C)O. The zero-order valence-corrected chi connectivity index (χ0v) is 9.42. The number of ketones is 1. The van der Waals surface area contributed by atoms with E-state index in [0.29, 0.717) is 12.3 Å². The van der Waals surface area contributed by atoms with E-state index < -0.39 is 5.60 Å². The van der Waals surface area contributed by atoms with Gasteiger partial charge in [-0.15, -0.1) is 0 Å². The van der Waals surface area contributed by atoms with E-state index in [1.807, 2.05) is 20.8 Å². The normalized spacial score (nSPS) is 16.8. The van der Waals surface area contributed by atoms with Crippen LogP contribution in [0.4, 0.5) is 0 Å². The van der Waals surface area contributed by atoms with Gasteiger partial charge in [-0.1, -0.05) is 13.8 Å². The standard InChI is InChI=1S/C11H22O2/c1-8(7-10(3)12)6-9(2)11(4,5)13/h8-9,13H,6-7H2,1-5H3/t8-,9+/m0/s1. The fourth-order valence-corrected chi connectivity index (χ4v) is 1.47. The summed E-state index contributed by atoms with van der Waals surface area (Å²) in [6.07, 6.45) is 1.53. The summed E-state index contributed by atoms with van der Waals surface area (Å²) in [5, 5.41) is 9.68. The number of aliphatic hydroxyl groups is 1. The molecule has 1 N–H and O–H groups in total. The third-order valence-corrected chi connectivity index (χ3v) is 2.60. The maximum absolute atomic E-state index is 10.8. The second-order valence-corrected chi connectivity index (χ2v) is 4.80. The van der Waals surface area contributed by atoms with Gasteiger partial charge in [-0.25, -0.2) is 0 Å². The molecule has 0 spiro atoms. The first-order valence-electron chi connectivity index (χ1n) is 4.95. The summed E-state index contributed by atoms with van der Waals surface area (Å²) in [6, 6.07) is 0. The molecule has 13 heavy (non-hydrogen) atoms. The van der Waals surface area contributed by atoms with Crippen LogP contribution in [-0.2, 0) is 4.79 Å². The summed E-state index contributed by atoms with van der Waals surface area (Å²) < 4.78 is 0. The first-order valence-corrected chi connectivity index (χ1v) is 4.95. The van der Waals surface area contributed by atoms with Gasteiger partial charge in [0.2, 0.25) is 0 Å². The Morgan fingerprint density at radius 1 is 1.38 bits per heavy atom. The van der Waals surface area contributed by atoms with Gasteiger partial charge in [0.05, 0.1) is 5.60 Å². The second-order valence-electron chi connectivity index (χ2n) is 4.80. The lowest BCUT2D eigenvalue weighted by atomic mass is 9.84. The third kappa shape index (κ3) is 5.81. The molecule has 0 amide bonds. The lowest BCUT2D eigenvalue weighted by Gasteiger charge is -2.27. The van der Waals surface area contributed by atoms with Crippen molar-refractivity contribution in [1.82, 2.24) is 0 Å². The molecular formula is C11H22O2. The van der Waals surface area contributed by atoms with Crippen LogP contribution in [-0.4, -0.2) is 16.5 Å². The average Bonchev–Trinajstić information content (AvgIpc) is 1.82. The molecular weight excluding hydrogens is 164 g/mol. The van der Waals surface area contributed by atoms with E-state index in [0.717, 1.165) is 6.42 Å². The molecule has 0 rings (SSSR count). The van der Waals surface area contributed by atoms with Crippen molar-refractivity contribution in [1.29, 1.82) is 0 Å². The predicted octanol–water partition coefficient (Wildman–Crippen LogP) is 2.40. The second kappa shape index (κ2) is 4.75. The molecule has 0 unspecified atom stereocenters. The minimum Gasteiger partial charge on any atom is -0.390 e. The van der Waals surface area contributed by atoms with E-state index in [9.17, 15) is 9.90 Å². The zero-order valence-electron chi connectivity index (χ0n) is 9.42. The van der Waals surface area contributed by atoms with Crippen molar-refractivity contribution in [2.24, 2.45) is 11.8 Å². The van der Waals surface area contributed by atoms with Crippen molar-refractivity contribution < 1.29 is 9.90 Å². The van der Waals surface area contributed by atoms with Gasteiger partial charge in [-0.3, -0.25) is 0 Å². The Kier molecular flexibility index (Phi) is 4.62. The lowest BCUT2D eigenvalue weighted by Crippen LogP contribution is -2.30. The molecule has 78 valence electrons. The quantitative estimate of drug-likeness (QED) is 0.716. The van der Waals surface area contributed by atoms with Gasteiger partial charge >= 0.3 is 0 Å². The largest absolute Gasteiger partial charge is 0.390 e. The summed E-state index contributed by atoms with van der Waals surface area (Å²) in [4.78, 5) is 10.8. The van der Waals surface area contributed by atoms with Crippen LogP contribution in [0.5, 0.6) is 0 Å². The molecule has 2 nitrogen and oxygen atoms in total. The molecule has 0 aromatic carbocycles. The van der Waals surface area contributed by atoms with E-state index in [1.54, 1.807) is 6.92 Å². The van der Waals surface area contributed by atoms with Gasteiger partial charge in [0.15, 0.2) is 0 Å². The van der Waals surface area contributed by atoms with Crippen LogP contribution in [0.1, 0.15) is 47.5 Å². The van der Waals surface area contributed by atoms with Crippen LogP contribution in [0.25, 0.3) is 0 Å². The molecule has 0 radical (unpaired) electrons. The molecule has 0 aromatic rings. The Morgan fingerprint density at radius 2 is 1.85 bits per heavy atom. The van der Waals surface area contributed by atoms with Crippen molar-refractivity contribution in [2.45, 2.75) is 53.1 Å². The monoisotopic (exact) mass is 186 g/mol. The Balaban J connectivity index is 3.92. The molecule has 0 aliphatic rings. The van der Waals surface area contributed by atoms with Gasteiger partial charge in [0, 0.05) is 6.42 Å². The highest BCUT2D eigenvalue weighted by molar-refractivity contribution is 5.75. The van der Waals surface area contributed by atoms with Gasteiger partial charge in [0.25, 0.3) is 0 Å². The number of hydrogen-bond donors (Lipinski definition) is 1. The van der Waals surface area contributed by atoms with E-state index in [4.69, 9.17) is 0 Å². The summed E-state index contributed by atoms with van der Waals surface area (Å²) in [6.45, 7) is 9.34. The summed E-state index contributed by atoms with van der Waals surface area (Å²) in [5.41, 5.74) is -0.634. The van der Waals surface area contributed by atoms with Crippen molar-refractivity contribution in [3.63, 3.8) is 0 Å². The highest BCUT2D eigenvalue weighted by Gasteiger charge is 2.24. The highest BCUT2D eigenvalue weighted by atomic mass is 16.3. The Labute approximate surface area is 81.3 Å². The fourth-order valence-electron chi connectivity index (χ4n) is 1.47. The van der Waals surface area contributed by atoms with Crippen LogP contribution in [0.3, 0.4) is 0 Å². The molecule has 2 atom stereocenters. The van der Waals surface area contributed by atoms with Gasteiger partial charge in [0.1, 0.15) is 5.78 Å². The van der Waals surface area contributed by atoms with Crippen molar-refractivity contribution >= 4 is 5.78 Å². The average molecular weight is 186 g/mol. The topological polar surface area (TPSA) is 37.3 Å². The third-order valence-electron chi connectivity index (χ3n) is 2.60. The molecule has 0 bridgehead atoms. The maximum atomic E-state index is 10.8. The number of carbonyl (C=O) groups excluding carboxylic acids is 1. The molecule has 0 saturated heterocycles. The Hall–Kier alpha value is -0.370. The van der Waals surface area contributed by atoms with Crippen LogP contribution >= 0.6 is 0 Å². The lowest BCUT2D eigenvalue weighted by molar-refractivity contribution is -0.118. The Bertz CT molecular complexity index is 167. The minimum atomic E-state index is -0.634. The van der Waals surface area contributed by atoms with Crippen LogP contribution in [0.15, 0.2) is 0 Å². The van der Waals surface area contributed by atoms with Gasteiger partial charge < -0.3 is 9.90 Å². The Morgan fingerprint density at radius 3 is 2.15 bits per heavy atom. The van der Waals surface area contributed by atoms with Gasteiger partial charge in [-0.05, 0) is 39.0 Å². The predicted molar refractivity (Wildman–Crippen MR) is 54.5 cm³/mol. The first kappa shape index (κ1) is 12.6. The first-order chi connectivity index (χ1) is 5.73. The molecule has 0 heterocycles. The molecule has 0 aliphatic carbocycles. The van der Waals surface area contributed by atoms with Crippen LogP contribution in [0.2, 0.25) is 0 Å². The zero-order chi connectivity index (χ0) is 10.6. The van der Waals surface area contributed by atoms with E-state index in [1.165, 1.54) is 0 Å². The van der Waals surface area contributed by atoms with Gasteiger partial charge in [-0.2, -0.15) is 0 Å². The highest BCUT2D eigenvalue weighted by Crippen LogP contribution is 2.24. The molecule has 0 aromatic heterocycles. The van der Waals surface area contributed by atoms with Crippen LogP contribution < -0.4 is 0 Å². The fraction of sp³-hybridized carbons (Fsp3) is 0.909. The molecule has 0 saturated carbocycles. The molecule has 0 fully saturated rings. The number of Topliss-reactive ketones (excluding diaryl/α,β-unsaturated/α-hetero) is 1. The number of rotatable bonds is 5. The van der Waals surface area contributed by atoms with E-state index >= 15 is 0 Å². The van der Waals surface area contributed by atoms with Crippen LogP contribution in [0, 0.1) is 11.8 Å². The molecule has 2 heteroatoms. The van der Waals surface area contributed by atoms with E-state index in [2.05, 4.69) is 6.92 Å². The minimum absolute atomic E-state index is 0.232. The number of carbonyl (C=O) groups is 1. The maximum Gasteiger partial charge on any atom is 0.130 e. The summed E-state index contributed by atoms with van der Waals surface area (Å²) in [5.74, 6) is 0.844. The van der Waals surface area contributed by atoms with Crippen molar-refractivity contribution in [3.05, 3.63) is 0 Å². The smallest absolute Gasteiger partial charge is 0.130 e. The van der Waals surface area contributed by atoms with E-state index in [-0.39, 0.29) is 11.7 Å². The molecule has 0 aliphatic heterocycles. The summed E-state index contributed by atoms with van der Waals surface area (Å²) >= 11 is 0.